The molecule has 2 aliphatic carbocycles. The Balaban J connectivity index is 1.75. The fourth-order valence-corrected chi connectivity index (χ4v) is 12.5. The molecule has 29 heavy (non-hydrogen) atoms. The summed E-state index contributed by atoms with van der Waals surface area (Å²) in [5, 5.41) is 0. The summed E-state index contributed by atoms with van der Waals surface area (Å²) in [5.74, 6) is 1.96. The van der Waals surface area contributed by atoms with Crippen molar-refractivity contribution < 1.29 is 21.6 Å². The zero-order chi connectivity index (χ0) is 21.3. The van der Waals surface area contributed by atoms with Crippen LogP contribution < -0.4 is 0 Å². The molecule has 0 amide bonds. The smallest absolute Gasteiger partial charge is 0.277 e. The lowest BCUT2D eigenvalue weighted by Gasteiger charge is -2.42. The van der Waals surface area contributed by atoms with E-state index in [1.54, 1.807) is 0 Å². The van der Waals surface area contributed by atoms with Crippen molar-refractivity contribution in [3.8, 4) is 0 Å². The lowest BCUT2D eigenvalue weighted by Crippen LogP contribution is -2.43. The third-order valence-corrected chi connectivity index (χ3v) is 13.6. The SMILES string of the molecule is CCCCCC(=O)CS1(OS(=O)(=O)CC23CCC(CC2=O)C3(C)C)CCCCC1. The standard InChI is InChI=1S/C22H38O5S2/c1-4-5-7-10-19(23)16-28(13-8-6-9-14-28)27-29(25,26)17-22-12-11-18(15-20(22)24)21(22,2)3/h18H,4-17H2,1-3H3. The van der Waals surface area contributed by atoms with Crippen LogP contribution in [0, 0.1) is 16.7 Å². The second-order valence-corrected chi connectivity index (χ2v) is 15.0. The largest absolute Gasteiger partial charge is 0.299 e. The first-order valence-electron chi connectivity index (χ1n) is 11.3. The van der Waals surface area contributed by atoms with Gasteiger partial charge in [0, 0.05) is 24.3 Å². The Morgan fingerprint density at radius 1 is 1.17 bits per heavy atom. The predicted molar refractivity (Wildman–Crippen MR) is 119 cm³/mol. The van der Waals surface area contributed by atoms with Crippen molar-refractivity contribution in [3.05, 3.63) is 0 Å². The molecule has 1 aliphatic heterocycles. The number of fused-ring (bicyclic) bond motifs is 2. The van der Waals surface area contributed by atoms with E-state index < -0.39 is 25.8 Å². The van der Waals surface area contributed by atoms with E-state index in [-0.39, 0.29) is 34.4 Å². The van der Waals surface area contributed by atoms with Crippen LogP contribution in [0.4, 0.5) is 0 Å². The molecule has 1 saturated heterocycles. The molecule has 3 aliphatic rings. The lowest BCUT2D eigenvalue weighted by atomic mass is 9.70. The van der Waals surface area contributed by atoms with Gasteiger partial charge in [-0.1, -0.05) is 40.0 Å². The molecule has 5 nitrogen and oxygen atoms in total. The van der Waals surface area contributed by atoms with Gasteiger partial charge in [-0.3, -0.25) is 9.59 Å². The second-order valence-electron chi connectivity index (χ2n) is 10.0. The van der Waals surface area contributed by atoms with Crippen LogP contribution in [-0.4, -0.2) is 43.0 Å². The van der Waals surface area contributed by atoms with E-state index in [0.29, 0.717) is 30.8 Å². The van der Waals surface area contributed by atoms with Gasteiger partial charge in [-0.2, -0.15) is 8.42 Å². The van der Waals surface area contributed by atoms with E-state index in [4.69, 9.17) is 3.63 Å². The first kappa shape index (κ1) is 23.3. The maximum atomic E-state index is 13.3. The van der Waals surface area contributed by atoms with Gasteiger partial charge in [0.1, 0.15) is 11.6 Å². The maximum Gasteiger partial charge on any atom is 0.277 e. The van der Waals surface area contributed by atoms with Gasteiger partial charge >= 0.3 is 0 Å². The summed E-state index contributed by atoms with van der Waals surface area (Å²) >= 11 is 0. The van der Waals surface area contributed by atoms with Crippen molar-refractivity contribution in [1.82, 2.24) is 0 Å². The molecule has 2 unspecified atom stereocenters. The molecule has 2 saturated carbocycles. The average molecular weight is 447 g/mol. The monoisotopic (exact) mass is 446 g/mol. The number of rotatable bonds is 10. The fraction of sp³-hybridized carbons (Fsp3) is 0.909. The minimum atomic E-state index is -3.88. The number of hydrogen-bond donors (Lipinski definition) is 0. The second kappa shape index (κ2) is 8.62. The van der Waals surface area contributed by atoms with Gasteiger partial charge in [-0.25, -0.2) is 3.63 Å². The molecule has 3 rings (SSSR count). The predicted octanol–water partition coefficient (Wildman–Crippen LogP) is 4.78. The Kier molecular flexibility index (Phi) is 6.92. The number of carbonyl (C=O) groups excluding carboxylic acids is 2. The molecule has 168 valence electrons. The molecule has 0 spiro atoms. The molecule has 1 heterocycles. The van der Waals surface area contributed by atoms with Gasteiger partial charge in [0.05, 0.1) is 16.9 Å². The zero-order valence-electron chi connectivity index (χ0n) is 18.3. The summed E-state index contributed by atoms with van der Waals surface area (Å²) in [6.45, 7) is 6.20. The Hall–Kier alpha value is -0.400. The lowest BCUT2D eigenvalue weighted by molar-refractivity contribution is -0.128. The van der Waals surface area contributed by atoms with Crippen LogP contribution in [0.5, 0.6) is 0 Å². The number of unbranched alkanes of at least 4 members (excludes halogenated alkanes) is 2. The quantitative estimate of drug-likeness (QED) is 0.451. The highest BCUT2D eigenvalue weighted by Crippen LogP contribution is 2.65. The Morgan fingerprint density at radius 3 is 2.41 bits per heavy atom. The summed E-state index contributed by atoms with van der Waals surface area (Å²) in [6.07, 6.45) is 8.43. The molecular weight excluding hydrogens is 408 g/mol. The van der Waals surface area contributed by atoms with E-state index >= 15 is 0 Å². The molecule has 2 atom stereocenters. The summed E-state index contributed by atoms with van der Waals surface area (Å²) < 4.78 is 32.5. The molecule has 0 aromatic rings. The van der Waals surface area contributed by atoms with Crippen LogP contribution in [0.25, 0.3) is 0 Å². The molecule has 0 radical (unpaired) electrons. The first-order chi connectivity index (χ1) is 13.6. The topological polar surface area (TPSA) is 77.5 Å². The van der Waals surface area contributed by atoms with Crippen molar-refractivity contribution in [2.45, 2.75) is 85.0 Å². The third kappa shape index (κ3) is 4.62. The molecule has 2 bridgehead atoms. The van der Waals surface area contributed by atoms with Crippen molar-refractivity contribution in [2.75, 3.05) is 23.0 Å². The Morgan fingerprint density at radius 2 is 1.86 bits per heavy atom. The number of carbonyl (C=O) groups is 2. The van der Waals surface area contributed by atoms with Crippen LogP contribution in [0.15, 0.2) is 0 Å². The summed E-state index contributed by atoms with van der Waals surface area (Å²) in [5.41, 5.74) is -1.11. The van der Waals surface area contributed by atoms with E-state index in [2.05, 4.69) is 6.92 Å². The van der Waals surface area contributed by atoms with Gasteiger partial charge < -0.3 is 0 Å². The Bertz CT molecular complexity index is 736. The highest BCUT2D eigenvalue weighted by molar-refractivity contribution is 8.33. The highest BCUT2D eigenvalue weighted by Gasteiger charge is 2.65. The van der Waals surface area contributed by atoms with E-state index in [9.17, 15) is 18.0 Å². The molecule has 7 heteroatoms. The first-order valence-corrected chi connectivity index (χ1v) is 15.0. The van der Waals surface area contributed by atoms with Crippen LogP contribution >= 0.6 is 10.3 Å². The van der Waals surface area contributed by atoms with Gasteiger partial charge in [0.25, 0.3) is 10.1 Å². The van der Waals surface area contributed by atoms with Gasteiger partial charge in [0.15, 0.2) is 0 Å². The molecular formula is C22H38O5S2. The van der Waals surface area contributed by atoms with Crippen molar-refractivity contribution in [2.24, 2.45) is 16.7 Å². The molecule has 0 aromatic heterocycles. The van der Waals surface area contributed by atoms with Gasteiger partial charge in [-0.15, -0.1) is 10.3 Å². The van der Waals surface area contributed by atoms with Gasteiger partial charge in [0.2, 0.25) is 0 Å². The van der Waals surface area contributed by atoms with E-state index in [0.717, 1.165) is 44.9 Å². The van der Waals surface area contributed by atoms with E-state index in [1.807, 2.05) is 13.8 Å². The molecule has 0 aromatic carbocycles. The van der Waals surface area contributed by atoms with Crippen LogP contribution in [-0.2, 0) is 23.3 Å². The number of ketones is 2. The van der Waals surface area contributed by atoms with E-state index in [1.165, 1.54) is 0 Å². The zero-order valence-corrected chi connectivity index (χ0v) is 20.0. The summed E-state index contributed by atoms with van der Waals surface area (Å²) in [7, 11) is -5.84. The average Bonchev–Trinajstić information content (AvgIpc) is 2.95. The maximum absolute atomic E-state index is 13.3. The van der Waals surface area contributed by atoms with Crippen LogP contribution in [0.2, 0.25) is 0 Å². The normalized spacial score (nSPS) is 31.7. The summed E-state index contributed by atoms with van der Waals surface area (Å²) in [4.78, 5) is 25.4. The summed E-state index contributed by atoms with van der Waals surface area (Å²) in [6, 6.07) is 0. The number of hydrogen-bond acceptors (Lipinski definition) is 5. The van der Waals surface area contributed by atoms with Crippen molar-refractivity contribution in [1.29, 1.82) is 0 Å². The third-order valence-electron chi connectivity index (χ3n) is 7.83. The van der Waals surface area contributed by atoms with Gasteiger partial charge in [-0.05, 0) is 43.4 Å². The Labute approximate surface area is 178 Å². The van der Waals surface area contributed by atoms with Crippen molar-refractivity contribution in [3.63, 3.8) is 0 Å². The molecule has 3 fully saturated rings. The van der Waals surface area contributed by atoms with Crippen molar-refractivity contribution >= 4 is 32.0 Å². The van der Waals surface area contributed by atoms with Crippen LogP contribution in [0.1, 0.15) is 85.0 Å². The molecule has 0 N–H and O–H groups in total. The highest BCUT2D eigenvalue weighted by atomic mass is 32.3. The minimum Gasteiger partial charge on any atom is -0.299 e. The fourth-order valence-electron chi connectivity index (χ4n) is 5.84. The van der Waals surface area contributed by atoms with Crippen LogP contribution in [0.3, 0.4) is 0 Å². The minimum absolute atomic E-state index is 0.0919. The number of Topliss-reactive ketones (excluding diaryl/α,β-unsaturated/α-hetero) is 2.